The van der Waals surface area contributed by atoms with Gasteiger partial charge in [0, 0.05) is 18.5 Å². The minimum atomic E-state index is -0.151. The van der Waals surface area contributed by atoms with Crippen molar-refractivity contribution in [1.82, 2.24) is 4.90 Å². The summed E-state index contributed by atoms with van der Waals surface area (Å²) >= 11 is 1.66. The molecule has 2 heterocycles. The number of carbonyl (C=O) groups excluding carboxylic acids is 1. The molecule has 31 heavy (non-hydrogen) atoms. The van der Waals surface area contributed by atoms with Gasteiger partial charge in [0.15, 0.2) is 5.78 Å². The third kappa shape index (κ3) is 3.96. The number of hydrogen-bond acceptors (Lipinski definition) is 3. The van der Waals surface area contributed by atoms with Gasteiger partial charge in [-0.25, -0.2) is 4.39 Å². The van der Waals surface area contributed by atoms with Crippen molar-refractivity contribution in [3.8, 4) is 0 Å². The molecule has 0 N–H and O–H groups in total. The molecule has 0 radical (unpaired) electrons. The minimum Gasteiger partial charge on any atom is -0.306 e. The van der Waals surface area contributed by atoms with E-state index in [1.807, 2.05) is 6.07 Å². The molecule has 0 bridgehead atoms. The maximum atomic E-state index is 13.7. The number of piperidine rings is 1. The van der Waals surface area contributed by atoms with Crippen LogP contribution < -0.4 is 0 Å². The van der Waals surface area contributed by atoms with E-state index >= 15 is 0 Å². The molecule has 4 heteroatoms. The zero-order valence-electron chi connectivity index (χ0n) is 18.4. The molecule has 1 fully saturated rings. The van der Waals surface area contributed by atoms with Crippen LogP contribution in [0.5, 0.6) is 0 Å². The Balaban J connectivity index is 0.00000245. The molecule has 2 aromatic carbocycles. The van der Waals surface area contributed by atoms with Gasteiger partial charge in [0.2, 0.25) is 0 Å². The molecular weight excluding hydrogens is 405 g/mol. The van der Waals surface area contributed by atoms with Gasteiger partial charge in [0.25, 0.3) is 0 Å². The summed E-state index contributed by atoms with van der Waals surface area (Å²) in [6.45, 7) is 4.42. The van der Waals surface area contributed by atoms with Crippen LogP contribution >= 0.6 is 11.3 Å². The van der Waals surface area contributed by atoms with E-state index < -0.39 is 0 Å². The fourth-order valence-electron chi connectivity index (χ4n) is 5.60. The number of likely N-dealkylation sites (tertiary alicyclic amines) is 1. The van der Waals surface area contributed by atoms with E-state index in [-0.39, 0.29) is 13.2 Å². The van der Waals surface area contributed by atoms with Crippen molar-refractivity contribution < 1.29 is 10.6 Å². The minimum absolute atomic E-state index is 0. The van der Waals surface area contributed by atoms with E-state index in [4.69, 9.17) is 0 Å². The molecule has 1 unspecified atom stereocenters. The van der Waals surface area contributed by atoms with Gasteiger partial charge in [-0.2, -0.15) is 0 Å². The second-order valence-corrected chi connectivity index (χ2v) is 10.5. The zero-order valence-corrected chi connectivity index (χ0v) is 19.2. The summed E-state index contributed by atoms with van der Waals surface area (Å²) in [4.78, 5) is 16.5. The summed E-state index contributed by atoms with van der Waals surface area (Å²) < 4.78 is 14.9. The second kappa shape index (κ2) is 8.48. The molecule has 0 spiro atoms. The average molecular weight is 438 g/mol. The van der Waals surface area contributed by atoms with E-state index in [0.717, 1.165) is 48.4 Å². The first-order valence-corrected chi connectivity index (χ1v) is 12.3. The van der Waals surface area contributed by atoms with Crippen LogP contribution in [-0.2, 0) is 6.42 Å². The highest BCUT2D eigenvalue weighted by atomic mass is 32.1. The molecule has 1 aliphatic heterocycles. The number of hydrogen-bond donors (Lipinski definition) is 0. The van der Waals surface area contributed by atoms with E-state index in [1.165, 1.54) is 34.1 Å². The van der Waals surface area contributed by atoms with Gasteiger partial charge in [0.05, 0.1) is 4.88 Å². The lowest BCUT2D eigenvalue weighted by Gasteiger charge is -2.28. The van der Waals surface area contributed by atoms with Crippen LogP contribution in [0.25, 0.3) is 10.1 Å². The molecule has 5 rings (SSSR count). The first-order chi connectivity index (χ1) is 15.0. The Morgan fingerprint density at radius 1 is 1.16 bits per heavy atom. The molecule has 1 atom stereocenters. The fraction of sp³-hybridized carbons (Fsp3) is 0.444. The Hall–Kier alpha value is -2.04. The number of halogens is 1. The van der Waals surface area contributed by atoms with Crippen molar-refractivity contribution in [2.75, 3.05) is 20.1 Å². The molecule has 1 saturated heterocycles. The Labute approximate surface area is 189 Å². The number of thiophene rings is 1. The summed E-state index contributed by atoms with van der Waals surface area (Å²) in [6, 6.07) is 11.7. The van der Waals surface area contributed by atoms with Crippen molar-refractivity contribution in [3.05, 3.63) is 69.3 Å². The van der Waals surface area contributed by atoms with Crippen molar-refractivity contribution in [2.24, 2.45) is 5.92 Å². The Kier molecular flexibility index (Phi) is 5.70. The second-order valence-electron chi connectivity index (χ2n) is 9.42. The maximum absolute atomic E-state index is 13.7. The van der Waals surface area contributed by atoms with Gasteiger partial charge in [-0.1, -0.05) is 18.2 Å². The van der Waals surface area contributed by atoms with Crippen LogP contribution in [0.4, 0.5) is 4.39 Å². The quantitative estimate of drug-likeness (QED) is 0.401. The largest absolute Gasteiger partial charge is 0.306 e. The number of nitrogens with zero attached hydrogens (tertiary/aromatic N) is 1. The summed E-state index contributed by atoms with van der Waals surface area (Å²) in [5.41, 5.74) is 4.81. The normalized spacial score (nSPS) is 19.8. The summed E-state index contributed by atoms with van der Waals surface area (Å²) in [5.74, 6) is 1.12. The van der Waals surface area contributed by atoms with E-state index in [1.54, 1.807) is 23.5 Å². The van der Waals surface area contributed by atoms with Crippen LogP contribution in [-0.4, -0.2) is 30.8 Å². The highest BCUT2D eigenvalue weighted by Gasteiger charge is 2.28. The van der Waals surface area contributed by atoms with E-state index in [0.29, 0.717) is 18.1 Å². The molecular formula is C27H32FNOS. The number of aryl methyl sites for hydroxylation is 2. The summed E-state index contributed by atoms with van der Waals surface area (Å²) in [6.07, 6.45) is 6.01. The SMILES string of the molecule is Cc1c(C(=O)CCC2CCN(C)CC2)sc2cccc(C3CCc4cc(F)ccc43)c12.[HH]. The Morgan fingerprint density at radius 3 is 2.77 bits per heavy atom. The number of Topliss-reactive ketones (excluding diaryl/α,β-unsaturated/α-hetero) is 1. The topological polar surface area (TPSA) is 20.3 Å². The van der Waals surface area contributed by atoms with E-state index in [9.17, 15) is 9.18 Å². The van der Waals surface area contributed by atoms with Gasteiger partial charge in [-0.3, -0.25) is 4.79 Å². The Morgan fingerprint density at radius 2 is 1.97 bits per heavy atom. The van der Waals surface area contributed by atoms with Crippen LogP contribution in [0, 0.1) is 18.7 Å². The number of fused-ring (bicyclic) bond motifs is 2. The van der Waals surface area contributed by atoms with Gasteiger partial charge >= 0.3 is 0 Å². The fourth-order valence-corrected chi connectivity index (χ4v) is 6.81. The molecule has 3 aromatic rings. The monoisotopic (exact) mass is 437 g/mol. The molecule has 2 aliphatic rings. The molecule has 164 valence electrons. The van der Waals surface area contributed by atoms with E-state index in [2.05, 4.69) is 37.1 Å². The molecule has 1 aliphatic carbocycles. The van der Waals surface area contributed by atoms with Gasteiger partial charge in [-0.15, -0.1) is 11.3 Å². The van der Waals surface area contributed by atoms with Crippen molar-refractivity contribution in [3.63, 3.8) is 0 Å². The standard InChI is InChI=1S/C27H30FNOS.H2/c1-17-26-23(22-9-7-19-16-20(28)8-10-21(19)22)4-3-5-25(26)31-27(17)24(30)11-6-18-12-14-29(2)15-13-18;/h3-5,8,10,16,18,22H,6-7,9,11-15H2,1-2H3;1H. The molecule has 2 nitrogen and oxygen atoms in total. The number of rotatable bonds is 5. The predicted octanol–water partition coefficient (Wildman–Crippen LogP) is 6.98. The number of ketones is 1. The third-order valence-electron chi connectivity index (χ3n) is 7.42. The van der Waals surface area contributed by atoms with Crippen LogP contribution in [0.15, 0.2) is 36.4 Å². The smallest absolute Gasteiger partial charge is 0.173 e. The summed E-state index contributed by atoms with van der Waals surface area (Å²) in [7, 11) is 2.18. The zero-order chi connectivity index (χ0) is 21.5. The van der Waals surface area contributed by atoms with Crippen molar-refractivity contribution >= 4 is 27.2 Å². The maximum Gasteiger partial charge on any atom is 0.173 e. The number of carbonyl (C=O) groups is 1. The predicted molar refractivity (Wildman–Crippen MR) is 129 cm³/mol. The van der Waals surface area contributed by atoms with Crippen molar-refractivity contribution in [1.29, 1.82) is 0 Å². The van der Waals surface area contributed by atoms with Crippen LogP contribution in [0.1, 0.15) is 71.4 Å². The Bertz CT molecular complexity index is 1130. The lowest BCUT2D eigenvalue weighted by Crippen LogP contribution is -2.30. The third-order valence-corrected chi connectivity index (χ3v) is 8.71. The van der Waals surface area contributed by atoms with Gasteiger partial charge in [-0.05, 0) is 111 Å². The first-order valence-electron chi connectivity index (χ1n) is 11.5. The summed E-state index contributed by atoms with van der Waals surface area (Å²) in [5, 5.41) is 1.25. The lowest BCUT2D eigenvalue weighted by atomic mass is 9.88. The highest BCUT2D eigenvalue weighted by molar-refractivity contribution is 7.21. The highest BCUT2D eigenvalue weighted by Crippen LogP contribution is 2.44. The molecule has 1 aromatic heterocycles. The van der Waals surface area contributed by atoms with Crippen molar-refractivity contribution in [2.45, 2.75) is 51.4 Å². The van der Waals surface area contributed by atoms with Crippen LogP contribution in [0.2, 0.25) is 0 Å². The average Bonchev–Trinajstić information content (AvgIpc) is 3.34. The van der Waals surface area contributed by atoms with Gasteiger partial charge in [0.1, 0.15) is 5.82 Å². The van der Waals surface area contributed by atoms with Gasteiger partial charge < -0.3 is 4.90 Å². The number of benzene rings is 2. The van der Waals surface area contributed by atoms with Crippen LogP contribution in [0.3, 0.4) is 0 Å². The lowest BCUT2D eigenvalue weighted by molar-refractivity contribution is 0.0969. The molecule has 0 saturated carbocycles. The first kappa shape index (κ1) is 20.8. The molecule has 0 amide bonds.